The number of aryl methyl sites for hydroxylation is 1. The average molecular weight is 407 g/mol. The molecule has 2 aromatic heterocycles. The molecule has 1 fully saturated rings. The third kappa shape index (κ3) is 3.61. The number of hydrogen-bond donors (Lipinski definition) is 1. The first-order chi connectivity index (χ1) is 13.0. The molecule has 8 heteroatoms. The van der Waals surface area contributed by atoms with Crippen LogP contribution in [0.5, 0.6) is 0 Å². The standard InChI is InChI=1S/C19H26N2O4SSi/c1-5-27(6-2,7-3)25-16-15(14-9-8-11-24-14)21(18(16)22)19(23)20-17-13(4)10-12-26-17/h8-12,15-16H,5-7H2,1-4H3,(H,20,23). The molecule has 1 saturated heterocycles. The van der Waals surface area contributed by atoms with E-state index in [1.54, 1.807) is 18.4 Å². The first kappa shape index (κ1) is 19.8. The van der Waals surface area contributed by atoms with Gasteiger partial charge in [0, 0.05) is 0 Å². The van der Waals surface area contributed by atoms with Crippen molar-refractivity contribution in [2.45, 2.75) is 58.0 Å². The van der Waals surface area contributed by atoms with Crippen LogP contribution in [0.4, 0.5) is 9.80 Å². The van der Waals surface area contributed by atoms with Crippen LogP contribution in [0.1, 0.15) is 38.1 Å². The minimum absolute atomic E-state index is 0.296. The number of likely N-dealkylation sites (tertiary alicyclic amines) is 1. The zero-order valence-corrected chi connectivity index (χ0v) is 18.0. The molecule has 3 amide bonds. The van der Waals surface area contributed by atoms with Crippen LogP contribution in [0.15, 0.2) is 34.3 Å². The third-order valence-corrected chi connectivity index (χ3v) is 11.0. The van der Waals surface area contributed by atoms with Gasteiger partial charge in [-0.3, -0.25) is 10.1 Å². The van der Waals surface area contributed by atoms with Crippen molar-refractivity contribution >= 4 is 36.6 Å². The van der Waals surface area contributed by atoms with E-state index in [9.17, 15) is 9.59 Å². The van der Waals surface area contributed by atoms with Crippen LogP contribution in [0.3, 0.4) is 0 Å². The fraction of sp³-hybridized carbons (Fsp3) is 0.474. The molecule has 2 unspecified atom stereocenters. The number of carbonyl (C=O) groups is 2. The Bertz CT molecular complexity index is 792. The summed E-state index contributed by atoms with van der Waals surface area (Å²) in [5.74, 6) is 0.277. The summed E-state index contributed by atoms with van der Waals surface area (Å²) in [6.07, 6.45) is 0.900. The van der Waals surface area contributed by atoms with E-state index in [-0.39, 0.29) is 5.91 Å². The Hall–Kier alpha value is -1.90. The molecule has 27 heavy (non-hydrogen) atoms. The maximum Gasteiger partial charge on any atom is 0.330 e. The van der Waals surface area contributed by atoms with Gasteiger partial charge in [0.15, 0.2) is 14.4 Å². The van der Waals surface area contributed by atoms with Crippen LogP contribution in [-0.2, 0) is 9.22 Å². The number of rotatable bonds is 7. The second-order valence-corrected chi connectivity index (χ2v) is 12.5. The molecule has 0 saturated carbocycles. The summed E-state index contributed by atoms with van der Waals surface area (Å²) in [4.78, 5) is 26.9. The second-order valence-electron chi connectivity index (χ2n) is 6.81. The lowest BCUT2D eigenvalue weighted by Gasteiger charge is -2.47. The Balaban J connectivity index is 1.84. The number of thiophene rings is 1. The molecule has 1 aliphatic heterocycles. The SMILES string of the molecule is CC[Si](CC)(CC)OC1C(=O)N(C(=O)Nc2sccc2C)C1c1ccco1. The fourth-order valence-corrected chi connectivity index (χ4v) is 7.04. The molecule has 3 heterocycles. The van der Waals surface area contributed by atoms with Crippen LogP contribution in [-0.4, -0.2) is 31.3 Å². The van der Waals surface area contributed by atoms with E-state index in [1.165, 1.54) is 16.2 Å². The van der Waals surface area contributed by atoms with Crippen molar-refractivity contribution in [3.05, 3.63) is 41.2 Å². The molecule has 0 spiro atoms. The molecule has 1 N–H and O–H groups in total. The lowest BCUT2D eigenvalue weighted by Crippen LogP contribution is -2.65. The summed E-state index contributed by atoms with van der Waals surface area (Å²) in [6, 6.07) is 7.33. The fourth-order valence-electron chi connectivity index (χ4n) is 3.47. The highest BCUT2D eigenvalue weighted by molar-refractivity contribution is 7.14. The van der Waals surface area contributed by atoms with Crippen molar-refractivity contribution in [1.82, 2.24) is 4.90 Å². The van der Waals surface area contributed by atoms with Gasteiger partial charge in [0.2, 0.25) is 0 Å². The van der Waals surface area contributed by atoms with Crippen molar-refractivity contribution in [3.8, 4) is 0 Å². The van der Waals surface area contributed by atoms with Crippen LogP contribution in [0.2, 0.25) is 18.1 Å². The van der Waals surface area contributed by atoms with Crippen molar-refractivity contribution in [2.75, 3.05) is 5.32 Å². The third-order valence-electron chi connectivity index (χ3n) is 5.49. The molecule has 0 radical (unpaired) electrons. The van der Waals surface area contributed by atoms with E-state index in [2.05, 4.69) is 26.1 Å². The summed E-state index contributed by atoms with van der Waals surface area (Å²) in [5.41, 5.74) is 0.970. The number of carbonyl (C=O) groups excluding carboxylic acids is 2. The Kier molecular flexibility index (Phi) is 5.88. The van der Waals surface area contributed by atoms with Gasteiger partial charge in [-0.15, -0.1) is 11.3 Å². The number of β-lactam (4-membered cyclic amide) rings is 1. The molecule has 0 bridgehead atoms. The Morgan fingerprint density at radius 3 is 2.52 bits per heavy atom. The van der Waals surface area contributed by atoms with Gasteiger partial charge < -0.3 is 8.84 Å². The maximum absolute atomic E-state index is 12.9. The van der Waals surface area contributed by atoms with Crippen molar-refractivity contribution in [2.24, 2.45) is 0 Å². The number of imide groups is 1. The number of furan rings is 1. The van der Waals surface area contributed by atoms with E-state index in [4.69, 9.17) is 8.84 Å². The molecule has 2 aromatic rings. The predicted molar refractivity (Wildman–Crippen MR) is 108 cm³/mol. The molecular formula is C19H26N2O4SSi. The highest BCUT2D eigenvalue weighted by Crippen LogP contribution is 2.41. The van der Waals surface area contributed by atoms with Crippen molar-refractivity contribution in [3.63, 3.8) is 0 Å². The Morgan fingerprint density at radius 2 is 2.00 bits per heavy atom. The summed E-state index contributed by atoms with van der Waals surface area (Å²) < 4.78 is 12.0. The van der Waals surface area contributed by atoms with E-state index in [0.29, 0.717) is 5.76 Å². The number of urea groups is 1. The normalized spacial score (nSPS) is 19.9. The topological polar surface area (TPSA) is 71.8 Å². The molecular weight excluding hydrogens is 380 g/mol. The minimum atomic E-state index is -2.00. The first-order valence-corrected chi connectivity index (χ1v) is 12.8. The number of hydrogen-bond acceptors (Lipinski definition) is 5. The highest BCUT2D eigenvalue weighted by Gasteiger charge is 2.56. The molecule has 3 rings (SSSR count). The van der Waals surface area contributed by atoms with E-state index in [0.717, 1.165) is 28.7 Å². The van der Waals surface area contributed by atoms with Gasteiger partial charge in [-0.1, -0.05) is 20.8 Å². The quantitative estimate of drug-likeness (QED) is 0.509. The Labute approximate surface area is 164 Å². The number of amides is 3. The van der Waals surface area contributed by atoms with Crippen molar-refractivity contribution in [1.29, 1.82) is 0 Å². The van der Waals surface area contributed by atoms with Gasteiger partial charge in [-0.2, -0.15) is 0 Å². The summed E-state index contributed by atoms with van der Waals surface area (Å²) >= 11 is 1.43. The summed E-state index contributed by atoms with van der Waals surface area (Å²) in [5, 5.41) is 5.49. The summed E-state index contributed by atoms with van der Waals surface area (Å²) in [6.45, 7) is 8.28. The van der Waals surface area contributed by atoms with Gasteiger partial charge in [0.1, 0.15) is 11.8 Å². The number of nitrogens with zero attached hydrogens (tertiary/aromatic N) is 1. The lowest BCUT2D eigenvalue weighted by molar-refractivity contribution is -0.159. The zero-order chi connectivity index (χ0) is 19.6. The Morgan fingerprint density at radius 1 is 1.30 bits per heavy atom. The van der Waals surface area contributed by atoms with Crippen molar-refractivity contribution < 1.29 is 18.4 Å². The second kappa shape index (κ2) is 8.00. The summed E-state index contributed by atoms with van der Waals surface area (Å²) in [7, 11) is -2.00. The average Bonchev–Trinajstić information content (AvgIpc) is 3.33. The zero-order valence-electron chi connectivity index (χ0n) is 16.2. The molecule has 0 aromatic carbocycles. The molecule has 146 valence electrons. The van der Waals surface area contributed by atoms with E-state index in [1.807, 2.05) is 18.4 Å². The predicted octanol–water partition coefficient (Wildman–Crippen LogP) is 5.16. The van der Waals surface area contributed by atoms with Gasteiger partial charge in [0.25, 0.3) is 5.91 Å². The molecule has 6 nitrogen and oxygen atoms in total. The first-order valence-electron chi connectivity index (χ1n) is 9.35. The lowest BCUT2D eigenvalue weighted by atomic mass is 9.96. The van der Waals surface area contributed by atoms with Crippen LogP contribution in [0, 0.1) is 6.92 Å². The number of anilines is 1. The van der Waals surface area contributed by atoms with Gasteiger partial charge >= 0.3 is 6.03 Å². The monoisotopic (exact) mass is 406 g/mol. The van der Waals surface area contributed by atoms with Crippen LogP contribution in [0.25, 0.3) is 0 Å². The van der Waals surface area contributed by atoms with Gasteiger partial charge in [0.05, 0.1) is 11.3 Å². The van der Waals surface area contributed by atoms with E-state index >= 15 is 0 Å². The smallest absolute Gasteiger partial charge is 0.330 e. The van der Waals surface area contributed by atoms with E-state index < -0.39 is 26.5 Å². The highest BCUT2D eigenvalue weighted by atomic mass is 32.1. The largest absolute Gasteiger partial charge is 0.467 e. The minimum Gasteiger partial charge on any atom is -0.467 e. The number of nitrogens with one attached hydrogen (secondary N) is 1. The molecule has 1 aliphatic rings. The van der Waals surface area contributed by atoms with Crippen LogP contribution < -0.4 is 5.32 Å². The maximum atomic E-state index is 12.9. The molecule has 0 aliphatic carbocycles. The van der Waals surface area contributed by atoms with Gasteiger partial charge in [-0.25, -0.2) is 9.69 Å². The van der Waals surface area contributed by atoms with Gasteiger partial charge in [-0.05, 0) is 54.2 Å². The van der Waals surface area contributed by atoms with Crippen LogP contribution >= 0.6 is 11.3 Å². The molecule has 2 atom stereocenters.